The van der Waals surface area contributed by atoms with E-state index in [0.29, 0.717) is 11.6 Å². The van der Waals surface area contributed by atoms with Crippen molar-refractivity contribution in [3.63, 3.8) is 0 Å². The first-order valence-electron chi connectivity index (χ1n) is 7.96. The van der Waals surface area contributed by atoms with Crippen LogP contribution in [0.25, 0.3) is 10.9 Å². The number of esters is 1. The first kappa shape index (κ1) is 17.2. The van der Waals surface area contributed by atoms with Gasteiger partial charge in [-0.25, -0.2) is 4.79 Å². The lowest BCUT2D eigenvalue weighted by molar-refractivity contribution is -0.144. The maximum Gasteiger partial charge on any atom is 0.333 e. The van der Waals surface area contributed by atoms with E-state index in [4.69, 9.17) is 21.1 Å². The SMILES string of the molecule is CCOC(=O)[C@@H](Nc1ccc(OC)cc1)c1c[nH]c2ccc(Cl)cc12. The molecular formula is C19H19ClN2O3. The molecule has 0 aliphatic carbocycles. The summed E-state index contributed by atoms with van der Waals surface area (Å²) in [4.78, 5) is 15.7. The van der Waals surface area contributed by atoms with Gasteiger partial charge in [0.05, 0.1) is 13.7 Å². The third-order valence-corrected chi connectivity index (χ3v) is 4.15. The number of rotatable bonds is 6. The van der Waals surface area contributed by atoms with Crippen LogP contribution in [0, 0.1) is 0 Å². The van der Waals surface area contributed by atoms with Crippen LogP contribution in [0.2, 0.25) is 5.02 Å². The van der Waals surface area contributed by atoms with Gasteiger partial charge in [-0.15, -0.1) is 0 Å². The number of halogens is 1. The van der Waals surface area contributed by atoms with Gasteiger partial charge in [-0.2, -0.15) is 0 Å². The Morgan fingerprint density at radius 1 is 1.24 bits per heavy atom. The molecule has 25 heavy (non-hydrogen) atoms. The number of anilines is 1. The number of fused-ring (bicyclic) bond motifs is 1. The van der Waals surface area contributed by atoms with Crippen molar-refractivity contribution in [3.05, 3.63) is 59.2 Å². The number of methoxy groups -OCH3 is 1. The van der Waals surface area contributed by atoms with E-state index in [2.05, 4.69) is 10.3 Å². The lowest BCUT2D eigenvalue weighted by Gasteiger charge is -2.18. The van der Waals surface area contributed by atoms with Crippen molar-refractivity contribution in [1.29, 1.82) is 0 Å². The Kier molecular flexibility index (Phi) is 5.14. The van der Waals surface area contributed by atoms with Gasteiger partial charge in [-0.05, 0) is 49.4 Å². The zero-order valence-electron chi connectivity index (χ0n) is 14.0. The second-order valence-corrected chi connectivity index (χ2v) is 5.93. The van der Waals surface area contributed by atoms with Gasteiger partial charge in [-0.3, -0.25) is 0 Å². The van der Waals surface area contributed by atoms with Gasteiger partial charge < -0.3 is 19.8 Å². The van der Waals surface area contributed by atoms with Crippen molar-refractivity contribution in [1.82, 2.24) is 4.98 Å². The Hall–Kier alpha value is -2.66. The smallest absolute Gasteiger partial charge is 0.333 e. The minimum atomic E-state index is -0.652. The van der Waals surface area contributed by atoms with E-state index in [1.54, 1.807) is 26.3 Å². The molecule has 0 aliphatic rings. The van der Waals surface area contributed by atoms with Gasteiger partial charge >= 0.3 is 5.97 Å². The van der Waals surface area contributed by atoms with Gasteiger partial charge in [0.2, 0.25) is 0 Å². The molecule has 0 radical (unpaired) electrons. The molecule has 0 amide bonds. The molecule has 2 N–H and O–H groups in total. The minimum Gasteiger partial charge on any atom is -0.497 e. The zero-order chi connectivity index (χ0) is 17.8. The van der Waals surface area contributed by atoms with E-state index in [1.807, 2.05) is 36.4 Å². The van der Waals surface area contributed by atoms with Crippen LogP contribution in [0.4, 0.5) is 5.69 Å². The highest BCUT2D eigenvalue weighted by Gasteiger charge is 2.25. The van der Waals surface area contributed by atoms with Crippen LogP contribution >= 0.6 is 11.6 Å². The molecule has 0 bridgehead atoms. The van der Waals surface area contributed by atoms with Crippen LogP contribution in [0.15, 0.2) is 48.7 Å². The van der Waals surface area contributed by atoms with Crippen molar-refractivity contribution < 1.29 is 14.3 Å². The molecule has 3 aromatic rings. The van der Waals surface area contributed by atoms with E-state index in [9.17, 15) is 4.79 Å². The molecule has 0 aliphatic heterocycles. The molecule has 2 aromatic carbocycles. The number of hydrogen-bond acceptors (Lipinski definition) is 4. The number of carbonyl (C=O) groups excluding carboxylic acids is 1. The Balaban J connectivity index is 1.98. The number of aromatic nitrogens is 1. The number of ether oxygens (including phenoxy) is 2. The van der Waals surface area contributed by atoms with Crippen molar-refractivity contribution in [2.45, 2.75) is 13.0 Å². The average molecular weight is 359 g/mol. The molecule has 130 valence electrons. The maximum absolute atomic E-state index is 12.5. The van der Waals surface area contributed by atoms with E-state index >= 15 is 0 Å². The van der Waals surface area contributed by atoms with Crippen LogP contribution < -0.4 is 10.1 Å². The number of carbonyl (C=O) groups is 1. The normalized spacial score (nSPS) is 12.0. The van der Waals surface area contributed by atoms with Crippen LogP contribution in [-0.2, 0) is 9.53 Å². The van der Waals surface area contributed by atoms with Crippen molar-refractivity contribution in [2.24, 2.45) is 0 Å². The minimum absolute atomic E-state index is 0.308. The van der Waals surface area contributed by atoms with Crippen LogP contribution in [0.5, 0.6) is 5.75 Å². The van der Waals surface area contributed by atoms with E-state index < -0.39 is 6.04 Å². The third-order valence-electron chi connectivity index (χ3n) is 3.91. The standard InChI is InChI=1S/C19H19ClN2O3/c1-3-25-19(23)18(22-13-5-7-14(24-2)8-6-13)16-11-21-17-9-4-12(20)10-15(16)17/h4-11,18,21-22H,3H2,1-2H3/t18-/m0/s1. The molecular weight excluding hydrogens is 340 g/mol. The highest BCUT2D eigenvalue weighted by atomic mass is 35.5. The van der Waals surface area contributed by atoms with E-state index in [1.165, 1.54) is 0 Å². The monoisotopic (exact) mass is 358 g/mol. The molecule has 5 nitrogen and oxygen atoms in total. The number of benzene rings is 2. The van der Waals surface area contributed by atoms with Gasteiger partial charge in [0.1, 0.15) is 5.75 Å². The fraction of sp³-hybridized carbons (Fsp3) is 0.211. The van der Waals surface area contributed by atoms with Crippen molar-refractivity contribution in [3.8, 4) is 5.75 Å². The van der Waals surface area contributed by atoms with Gasteiger partial charge in [0.15, 0.2) is 6.04 Å². The summed E-state index contributed by atoms with van der Waals surface area (Å²) in [6, 6.07) is 12.2. The first-order chi connectivity index (χ1) is 12.1. The number of hydrogen-bond donors (Lipinski definition) is 2. The summed E-state index contributed by atoms with van der Waals surface area (Å²) in [5.74, 6) is 0.399. The van der Waals surface area contributed by atoms with Gasteiger partial charge in [0, 0.05) is 33.4 Å². The quantitative estimate of drug-likeness (QED) is 0.635. The van der Waals surface area contributed by atoms with Crippen molar-refractivity contribution >= 4 is 34.2 Å². The Bertz CT molecular complexity index is 874. The second kappa shape index (κ2) is 7.49. The second-order valence-electron chi connectivity index (χ2n) is 5.49. The molecule has 0 saturated heterocycles. The van der Waals surface area contributed by atoms with E-state index in [0.717, 1.165) is 27.9 Å². The lowest BCUT2D eigenvalue weighted by atomic mass is 10.1. The molecule has 3 rings (SSSR count). The lowest BCUT2D eigenvalue weighted by Crippen LogP contribution is -2.23. The fourth-order valence-electron chi connectivity index (χ4n) is 2.70. The number of nitrogens with one attached hydrogen (secondary N) is 2. The largest absolute Gasteiger partial charge is 0.497 e. The molecule has 0 spiro atoms. The Labute approximate surface area is 150 Å². The molecule has 0 fully saturated rings. The predicted octanol–water partition coefficient (Wildman–Crippen LogP) is 4.55. The molecule has 1 atom stereocenters. The summed E-state index contributed by atoms with van der Waals surface area (Å²) < 4.78 is 10.4. The zero-order valence-corrected chi connectivity index (χ0v) is 14.8. The Morgan fingerprint density at radius 3 is 2.68 bits per heavy atom. The summed E-state index contributed by atoms with van der Waals surface area (Å²) in [5.41, 5.74) is 2.48. The molecule has 6 heteroatoms. The van der Waals surface area contributed by atoms with Crippen LogP contribution in [0.1, 0.15) is 18.5 Å². The maximum atomic E-state index is 12.5. The summed E-state index contributed by atoms with van der Waals surface area (Å²) in [6.45, 7) is 2.09. The predicted molar refractivity (Wildman–Crippen MR) is 99.3 cm³/mol. The third kappa shape index (κ3) is 3.72. The number of aromatic amines is 1. The molecule has 0 unspecified atom stereocenters. The van der Waals surface area contributed by atoms with E-state index in [-0.39, 0.29) is 5.97 Å². The highest BCUT2D eigenvalue weighted by Crippen LogP contribution is 2.30. The van der Waals surface area contributed by atoms with Gasteiger partial charge in [0.25, 0.3) is 0 Å². The fourth-order valence-corrected chi connectivity index (χ4v) is 2.87. The van der Waals surface area contributed by atoms with Crippen LogP contribution in [-0.4, -0.2) is 24.7 Å². The number of H-pyrrole nitrogens is 1. The highest BCUT2D eigenvalue weighted by molar-refractivity contribution is 6.31. The van der Waals surface area contributed by atoms with Crippen LogP contribution in [0.3, 0.4) is 0 Å². The van der Waals surface area contributed by atoms with Gasteiger partial charge in [-0.1, -0.05) is 11.6 Å². The summed E-state index contributed by atoms with van der Waals surface area (Å²) in [6.07, 6.45) is 1.80. The molecule has 1 aromatic heterocycles. The van der Waals surface area contributed by atoms with Crippen molar-refractivity contribution in [2.75, 3.05) is 19.0 Å². The molecule has 0 saturated carbocycles. The molecule has 1 heterocycles. The summed E-state index contributed by atoms with van der Waals surface area (Å²) in [5, 5.41) is 4.73. The Morgan fingerprint density at radius 2 is 2.00 bits per heavy atom. The first-order valence-corrected chi connectivity index (χ1v) is 8.34. The topological polar surface area (TPSA) is 63.4 Å². The summed E-state index contributed by atoms with van der Waals surface area (Å²) in [7, 11) is 1.61. The average Bonchev–Trinajstić information content (AvgIpc) is 3.03. The summed E-state index contributed by atoms with van der Waals surface area (Å²) >= 11 is 6.12.